The topological polar surface area (TPSA) is 65.4 Å². The second kappa shape index (κ2) is 9.06. The summed E-state index contributed by atoms with van der Waals surface area (Å²) in [5.74, 6) is 2.46. The molecular weight excluding hydrogens is 410 g/mol. The standard InChI is InChI=1S/C24H27N3O3S/c1-5-16-7-10-18(11-8-16)27-24-22(15(3)26-27)23(31-14-21(28)25-24)17-9-12-19(30-6-2)20(13-17)29-4/h7-13,23H,5-6,14H2,1-4H3,(H,25,28)/t23-/m1/s1. The molecule has 2 heterocycles. The van der Waals surface area contributed by atoms with E-state index in [-0.39, 0.29) is 11.2 Å². The van der Waals surface area contributed by atoms with Gasteiger partial charge in [-0.15, -0.1) is 11.8 Å². The number of nitrogens with zero attached hydrogens (tertiary/aromatic N) is 2. The van der Waals surface area contributed by atoms with Crippen molar-refractivity contribution in [3.63, 3.8) is 0 Å². The molecule has 0 bridgehead atoms. The number of ether oxygens (including phenoxy) is 2. The maximum Gasteiger partial charge on any atom is 0.235 e. The van der Waals surface area contributed by atoms with E-state index in [0.717, 1.165) is 34.7 Å². The Bertz CT molecular complexity index is 1090. The number of thioether (sulfide) groups is 1. The molecule has 0 unspecified atom stereocenters. The average Bonchev–Trinajstić information content (AvgIpc) is 2.99. The van der Waals surface area contributed by atoms with Crippen molar-refractivity contribution in [2.75, 3.05) is 24.8 Å². The number of hydrogen-bond donors (Lipinski definition) is 1. The van der Waals surface area contributed by atoms with Crippen LogP contribution in [0.2, 0.25) is 0 Å². The van der Waals surface area contributed by atoms with E-state index >= 15 is 0 Å². The summed E-state index contributed by atoms with van der Waals surface area (Å²) in [6.07, 6.45) is 0.978. The number of anilines is 1. The van der Waals surface area contributed by atoms with Gasteiger partial charge >= 0.3 is 0 Å². The van der Waals surface area contributed by atoms with Crippen LogP contribution >= 0.6 is 11.8 Å². The SMILES string of the molecule is CCOc1ccc([C@H]2SCC(=O)Nc3c2c(C)nn3-c2ccc(CC)cc2)cc1OC. The molecule has 0 saturated heterocycles. The van der Waals surface area contributed by atoms with Crippen LogP contribution in [-0.2, 0) is 11.2 Å². The van der Waals surface area contributed by atoms with Crippen LogP contribution < -0.4 is 14.8 Å². The van der Waals surface area contributed by atoms with Crippen LogP contribution in [0.3, 0.4) is 0 Å². The molecule has 162 valence electrons. The van der Waals surface area contributed by atoms with Gasteiger partial charge in [-0.3, -0.25) is 4.79 Å². The highest BCUT2D eigenvalue weighted by Gasteiger charge is 2.31. The van der Waals surface area contributed by atoms with E-state index < -0.39 is 0 Å². The highest BCUT2D eigenvalue weighted by molar-refractivity contribution is 8.00. The molecule has 1 aliphatic rings. The Morgan fingerprint density at radius 2 is 1.94 bits per heavy atom. The largest absolute Gasteiger partial charge is 0.493 e. The first kappa shape index (κ1) is 21.3. The van der Waals surface area contributed by atoms with Crippen molar-refractivity contribution in [1.82, 2.24) is 9.78 Å². The number of fused-ring (bicyclic) bond motifs is 1. The summed E-state index contributed by atoms with van der Waals surface area (Å²) in [5, 5.41) is 7.82. The first-order valence-electron chi connectivity index (χ1n) is 10.5. The number of benzene rings is 2. The summed E-state index contributed by atoms with van der Waals surface area (Å²) in [4.78, 5) is 12.6. The van der Waals surface area contributed by atoms with Gasteiger partial charge in [-0.05, 0) is 55.7 Å². The van der Waals surface area contributed by atoms with Crippen molar-refractivity contribution >= 4 is 23.5 Å². The molecule has 0 aliphatic carbocycles. The normalized spacial score (nSPS) is 15.7. The van der Waals surface area contributed by atoms with Gasteiger partial charge in [0, 0.05) is 5.56 Å². The summed E-state index contributed by atoms with van der Waals surface area (Å²) < 4.78 is 13.1. The van der Waals surface area contributed by atoms with E-state index in [1.165, 1.54) is 5.56 Å². The van der Waals surface area contributed by atoms with Crippen molar-refractivity contribution in [3.8, 4) is 17.2 Å². The Balaban J connectivity index is 1.81. The molecule has 31 heavy (non-hydrogen) atoms. The summed E-state index contributed by atoms with van der Waals surface area (Å²) in [6, 6.07) is 14.3. The lowest BCUT2D eigenvalue weighted by Crippen LogP contribution is -2.15. The minimum atomic E-state index is -0.0535. The number of rotatable bonds is 6. The van der Waals surface area contributed by atoms with E-state index in [1.54, 1.807) is 18.9 Å². The molecule has 1 aromatic heterocycles. The smallest absolute Gasteiger partial charge is 0.235 e. The highest BCUT2D eigenvalue weighted by atomic mass is 32.2. The van der Waals surface area contributed by atoms with Gasteiger partial charge in [-0.1, -0.05) is 25.1 Å². The van der Waals surface area contributed by atoms with E-state index in [9.17, 15) is 4.79 Å². The molecule has 3 aromatic rings. The maximum absolute atomic E-state index is 12.6. The fourth-order valence-electron chi connectivity index (χ4n) is 3.83. The number of methoxy groups -OCH3 is 1. The number of amides is 1. The number of carbonyl (C=O) groups is 1. The highest BCUT2D eigenvalue weighted by Crippen LogP contribution is 2.45. The van der Waals surface area contributed by atoms with E-state index in [4.69, 9.17) is 14.6 Å². The Kier molecular flexibility index (Phi) is 6.23. The van der Waals surface area contributed by atoms with Gasteiger partial charge in [0.1, 0.15) is 5.82 Å². The van der Waals surface area contributed by atoms with Crippen LogP contribution in [0.1, 0.15) is 41.5 Å². The first-order valence-corrected chi connectivity index (χ1v) is 11.5. The Labute approximate surface area is 186 Å². The third-order valence-corrected chi connectivity index (χ3v) is 6.66. The van der Waals surface area contributed by atoms with Crippen LogP contribution in [0.5, 0.6) is 11.5 Å². The fourth-order valence-corrected chi connectivity index (χ4v) is 5.01. The third-order valence-electron chi connectivity index (χ3n) is 5.39. The molecule has 6 nitrogen and oxygen atoms in total. The van der Waals surface area contributed by atoms with Gasteiger partial charge in [-0.25, -0.2) is 4.68 Å². The second-order valence-electron chi connectivity index (χ2n) is 7.36. The van der Waals surface area contributed by atoms with Crippen LogP contribution in [0.25, 0.3) is 5.69 Å². The van der Waals surface area contributed by atoms with Crippen LogP contribution in [0, 0.1) is 6.92 Å². The summed E-state index contributed by atoms with van der Waals surface area (Å²) in [6.45, 7) is 6.64. The number of nitrogens with one attached hydrogen (secondary N) is 1. The molecule has 1 aliphatic heterocycles. The molecule has 4 rings (SSSR count). The van der Waals surface area contributed by atoms with Crippen molar-refractivity contribution in [3.05, 3.63) is 64.8 Å². The van der Waals surface area contributed by atoms with Gasteiger partial charge in [0.2, 0.25) is 5.91 Å². The molecule has 1 N–H and O–H groups in total. The molecule has 0 radical (unpaired) electrons. The molecular formula is C24H27N3O3S. The zero-order valence-corrected chi connectivity index (χ0v) is 19.1. The third kappa shape index (κ3) is 4.14. The Morgan fingerprint density at radius 3 is 2.61 bits per heavy atom. The van der Waals surface area contributed by atoms with Crippen LogP contribution in [0.15, 0.2) is 42.5 Å². The minimum absolute atomic E-state index is 0.0296. The monoisotopic (exact) mass is 437 g/mol. The average molecular weight is 438 g/mol. The minimum Gasteiger partial charge on any atom is -0.493 e. The lowest BCUT2D eigenvalue weighted by molar-refractivity contribution is -0.113. The van der Waals surface area contributed by atoms with Gasteiger partial charge in [0.15, 0.2) is 11.5 Å². The van der Waals surface area contributed by atoms with Gasteiger partial charge in [-0.2, -0.15) is 5.10 Å². The molecule has 7 heteroatoms. The van der Waals surface area contributed by atoms with Gasteiger partial charge in [0.05, 0.1) is 36.1 Å². The van der Waals surface area contributed by atoms with E-state index in [0.29, 0.717) is 23.9 Å². The molecule has 1 atom stereocenters. The predicted molar refractivity (Wildman–Crippen MR) is 125 cm³/mol. The number of hydrogen-bond acceptors (Lipinski definition) is 5. The lowest BCUT2D eigenvalue weighted by Gasteiger charge is -2.18. The molecule has 0 fully saturated rings. The second-order valence-corrected chi connectivity index (χ2v) is 8.46. The van der Waals surface area contributed by atoms with Crippen LogP contribution in [-0.4, -0.2) is 35.2 Å². The van der Waals surface area contributed by atoms with Gasteiger partial charge in [0.25, 0.3) is 0 Å². The summed E-state index contributed by atoms with van der Waals surface area (Å²) in [5.41, 5.74) is 5.14. The van der Waals surface area contributed by atoms with Crippen LogP contribution in [0.4, 0.5) is 5.82 Å². The van der Waals surface area contributed by atoms with Crippen molar-refractivity contribution in [2.24, 2.45) is 0 Å². The lowest BCUT2D eigenvalue weighted by atomic mass is 10.0. The summed E-state index contributed by atoms with van der Waals surface area (Å²) >= 11 is 1.59. The quantitative estimate of drug-likeness (QED) is 0.593. The number of aryl methyl sites for hydroxylation is 2. The van der Waals surface area contributed by atoms with Crippen molar-refractivity contribution in [2.45, 2.75) is 32.4 Å². The Hall–Kier alpha value is -2.93. The molecule has 0 spiro atoms. The maximum atomic E-state index is 12.6. The Morgan fingerprint density at radius 1 is 1.16 bits per heavy atom. The molecule has 0 saturated carbocycles. The van der Waals surface area contributed by atoms with E-state index in [2.05, 4.69) is 24.4 Å². The molecule has 2 aromatic carbocycles. The summed E-state index contributed by atoms with van der Waals surface area (Å²) in [7, 11) is 1.64. The zero-order valence-electron chi connectivity index (χ0n) is 18.3. The fraction of sp³-hybridized carbons (Fsp3) is 0.333. The van der Waals surface area contributed by atoms with Crippen molar-refractivity contribution < 1.29 is 14.3 Å². The molecule has 1 amide bonds. The predicted octanol–water partition coefficient (Wildman–Crippen LogP) is 4.93. The number of aromatic nitrogens is 2. The zero-order chi connectivity index (χ0) is 22.0. The van der Waals surface area contributed by atoms with Gasteiger partial charge < -0.3 is 14.8 Å². The van der Waals surface area contributed by atoms with Crippen molar-refractivity contribution in [1.29, 1.82) is 0 Å². The first-order chi connectivity index (χ1) is 15.0. The van der Waals surface area contributed by atoms with E-state index in [1.807, 2.05) is 48.9 Å². The number of carbonyl (C=O) groups excluding carboxylic acids is 1.